The highest BCUT2D eigenvalue weighted by Gasteiger charge is 2.07. The molecule has 0 fully saturated rings. The molecule has 1 nitrogen and oxygen atoms in total. The minimum Gasteiger partial charge on any atom is -0.241 e. The smallest absolute Gasteiger partial charge is 0.145 e. The van der Waals surface area contributed by atoms with E-state index < -0.39 is 0 Å². The van der Waals surface area contributed by atoms with Gasteiger partial charge in [-0.2, -0.15) is 0 Å². The topological polar surface area (TPSA) is 12.9 Å². The van der Waals surface area contributed by atoms with E-state index in [2.05, 4.69) is 4.98 Å². The number of hydrogen-bond acceptors (Lipinski definition) is 2. The minimum absolute atomic E-state index is 0.127. The predicted molar refractivity (Wildman–Crippen MR) is 60.4 cm³/mol. The maximum absolute atomic E-state index is 13.4. The fraction of sp³-hybridized carbons (Fsp3) is 0.364. The Bertz CT molecular complexity index is 434. The second-order valence-corrected chi connectivity index (χ2v) is 3.98. The lowest BCUT2D eigenvalue weighted by Crippen LogP contribution is -1.80. The zero-order valence-electron chi connectivity index (χ0n) is 8.89. The third-order valence-corrected chi connectivity index (χ3v) is 2.78. The van der Waals surface area contributed by atoms with Crippen LogP contribution in [-0.2, 0) is 0 Å². The van der Waals surface area contributed by atoms with Crippen molar-refractivity contribution in [1.82, 2.24) is 4.98 Å². The molecule has 3 heteroatoms. The first-order valence-electron chi connectivity index (χ1n) is 4.71. The van der Waals surface area contributed by atoms with Gasteiger partial charge in [0, 0.05) is 0 Å². The first kappa shape index (κ1) is 11.1. The molecule has 1 aromatic heterocycles. The average molecular weight is 211 g/mol. The molecule has 0 unspecified atom stereocenters. The van der Waals surface area contributed by atoms with Crippen LogP contribution >= 0.6 is 11.3 Å². The van der Waals surface area contributed by atoms with Crippen LogP contribution in [0.5, 0.6) is 0 Å². The Labute approximate surface area is 87.6 Å². The molecule has 1 heterocycles. The minimum atomic E-state index is -0.127. The van der Waals surface area contributed by atoms with Crippen molar-refractivity contribution in [3.05, 3.63) is 28.5 Å². The zero-order valence-corrected chi connectivity index (χ0v) is 9.70. The molecule has 1 aromatic carbocycles. The van der Waals surface area contributed by atoms with E-state index in [1.54, 1.807) is 13.0 Å². The lowest BCUT2D eigenvalue weighted by molar-refractivity contribution is 0.632. The fourth-order valence-corrected chi connectivity index (χ4v) is 2.08. The highest BCUT2D eigenvalue weighted by molar-refractivity contribution is 7.18. The van der Waals surface area contributed by atoms with Crippen molar-refractivity contribution in [2.24, 2.45) is 0 Å². The van der Waals surface area contributed by atoms with E-state index in [0.717, 1.165) is 10.5 Å². The quantitative estimate of drug-likeness (QED) is 0.640. The summed E-state index contributed by atoms with van der Waals surface area (Å²) in [7, 11) is 0. The Kier molecular flexibility index (Phi) is 3.58. The standard InChI is InChI=1S/C9H8FNS.C2H6/c1-5-3-4-7-9(8(5)10)12-6(2)11-7;1-2/h3-4H,1-2H3;1-2H3. The summed E-state index contributed by atoms with van der Waals surface area (Å²) in [6.07, 6.45) is 0. The molecule has 0 saturated carbocycles. The first-order valence-corrected chi connectivity index (χ1v) is 5.52. The molecule has 0 N–H and O–H groups in total. The van der Waals surface area contributed by atoms with Crippen LogP contribution in [0.1, 0.15) is 24.4 Å². The zero-order chi connectivity index (χ0) is 10.7. The van der Waals surface area contributed by atoms with Crippen molar-refractivity contribution in [2.75, 3.05) is 0 Å². The summed E-state index contributed by atoms with van der Waals surface area (Å²) in [6.45, 7) is 7.66. The lowest BCUT2D eigenvalue weighted by atomic mass is 10.2. The Balaban J connectivity index is 0.000000461. The maximum Gasteiger partial charge on any atom is 0.145 e. The number of hydrogen-bond donors (Lipinski definition) is 0. The number of fused-ring (bicyclic) bond motifs is 1. The van der Waals surface area contributed by atoms with Crippen LogP contribution in [0.25, 0.3) is 10.2 Å². The summed E-state index contributed by atoms with van der Waals surface area (Å²) < 4.78 is 14.1. The van der Waals surface area contributed by atoms with E-state index in [1.807, 2.05) is 26.8 Å². The Hall–Kier alpha value is -0.960. The Morgan fingerprint density at radius 3 is 2.50 bits per heavy atom. The molecule has 0 amide bonds. The molecule has 0 aliphatic heterocycles. The molecule has 0 saturated heterocycles. The Morgan fingerprint density at radius 1 is 1.21 bits per heavy atom. The van der Waals surface area contributed by atoms with Crippen molar-refractivity contribution >= 4 is 21.6 Å². The van der Waals surface area contributed by atoms with Crippen molar-refractivity contribution in [3.8, 4) is 0 Å². The van der Waals surface area contributed by atoms with Gasteiger partial charge in [-0.3, -0.25) is 0 Å². The third-order valence-electron chi connectivity index (χ3n) is 1.80. The van der Waals surface area contributed by atoms with Gasteiger partial charge in [-0.15, -0.1) is 11.3 Å². The Morgan fingerprint density at radius 2 is 1.86 bits per heavy atom. The summed E-state index contributed by atoms with van der Waals surface area (Å²) in [5.74, 6) is -0.127. The van der Waals surface area contributed by atoms with Crippen LogP contribution in [0.2, 0.25) is 0 Å². The highest BCUT2D eigenvalue weighted by atomic mass is 32.1. The van der Waals surface area contributed by atoms with Crippen LogP contribution in [0.15, 0.2) is 12.1 Å². The summed E-state index contributed by atoms with van der Waals surface area (Å²) >= 11 is 1.41. The molecule has 0 radical (unpaired) electrons. The second kappa shape index (κ2) is 4.51. The third kappa shape index (κ3) is 1.93. The number of halogens is 1. The summed E-state index contributed by atoms with van der Waals surface area (Å²) in [6, 6.07) is 3.62. The number of rotatable bonds is 0. The van der Waals surface area contributed by atoms with Gasteiger partial charge >= 0.3 is 0 Å². The SMILES string of the molecule is CC.Cc1nc2ccc(C)c(F)c2s1. The molecular formula is C11H14FNS. The molecule has 76 valence electrons. The maximum atomic E-state index is 13.4. The van der Waals surface area contributed by atoms with Gasteiger partial charge in [0.1, 0.15) is 5.82 Å². The lowest BCUT2D eigenvalue weighted by Gasteiger charge is -1.94. The van der Waals surface area contributed by atoms with E-state index in [0.29, 0.717) is 10.3 Å². The van der Waals surface area contributed by atoms with Crippen LogP contribution in [-0.4, -0.2) is 4.98 Å². The van der Waals surface area contributed by atoms with Gasteiger partial charge in [0.05, 0.1) is 15.2 Å². The first-order chi connectivity index (χ1) is 6.68. The van der Waals surface area contributed by atoms with Gasteiger partial charge in [-0.1, -0.05) is 19.9 Å². The monoisotopic (exact) mass is 211 g/mol. The van der Waals surface area contributed by atoms with Gasteiger partial charge in [0.2, 0.25) is 0 Å². The molecule has 2 aromatic rings. The van der Waals surface area contributed by atoms with Crippen LogP contribution < -0.4 is 0 Å². The largest absolute Gasteiger partial charge is 0.241 e. The number of thiazole rings is 1. The van der Waals surface area contributed by atoms with Crippen molar-refractivity contribution < 1.29 is 4.39 Å². The molecular weight excluding hydrogens is 197 g/mol. The molecule has 0 aliphatic rings. The highest BCUT2D eigenvalue weighted by Crippen LogP contribution is 2.25. The number of aromatic nitrogens is 1. The van der Waals surface area contributed by atoms with Gasteiger partial charge in [-0.25, -0.2) is 9.37 Å². The van der Waals surface area contributed by atoms with E-state index in [1.165, 1.54) is 11.3 Å². The molecule has 14 heavy (non-hydrogen) atoms. The molecule has 2 rings (SSSR count). The normalized spacial score (nSPS) is 9.79. The van der Waals surface area contributed by atoms with Crippen molar-refractivity contribution in [3.63, 3.8) is 0 Å². The van der Waals surface area contributed by atoms with Gasteiger partial charge in [0.25, 0.3) is 0 Å². The van der Waals surface area contributed by atoms with Crippen molar-refractivity contribution in [2.45, 2.75) is 27.7 Å². The van der Waals surface area contributed by atoms with E-state index in [9.17, 15) is 4.39 Å². The number of benzene rings is 1. The van der Waals surface area contributed by atoms with Crippen LogP contribution in [0, 0.1) is 19.7 Å². The van der Waals surface area contributed by atoms with Gasteiger partial charge < -0.3 is 0 Å². The van der Waals surface area contributed by atoms with Crippen LogP contribution in [0.3, 0.4) is 0 Å². The average Bonchev–Trinajstić information content (AvgIpc) is 2.57. The number of aryl methyl sites for hydroxylation is 2. The van der Waals surface area contributed by atoms with E-state index >= 15 is 0 Å². The predicted octanol–water partition coefficient (Wildman–Crippen LogP) is 4.08. The number of nitrogens with zero attached hydrogens (tertiary/aromatic N) is 1. The van der Waals surface area contributed by atoms with Gasteiger partial charge in [-0.05, 0) is 25.5 Å². The van der Waals surface area contributed by atoms with Gasteiger partial charge in [0.15, 0.2) is 0 Å². The molecule has 0 spiro atoms. The van der Waals surface area contributed by atoms with Crippen molar-refractivity contribution in [1.29, 1.82) is 0 Å². The molecule has 0 bridgehead atoms. The summed E-state index contributed by atoms with van der Waals surface area (Å²) in [4.78, 5) is 4.19. The molecule has 0 atom stereocenters. The fourth-order valence-electron chi connectivity index (χ4n) is 1.17. The van der Waals surface area contributed by atoms with E-state index in [-0.39, 0.29) is 5.82 Å². The van der Waals surface area contributed by atoms with Crippen LogP contribution in [0.4, 0.5) is 4.39 Å². The van der Waals surface area contributed by atoms with E-state index in [4.69, 9.17) is 0 Å². The summed E-state index contributed by atoms with van der Waals surface area (Å²) in [5, 5.41) is 0.912. The summed E-state index contributed by atoms with van der Waals surface area (Å²) in [5.41, 5.74) is 1.45. The second-order valence-electron chi connectivity index (χ2n) is 2.78. The molecule has 0 aliphatic carbocycles.